The molecule has 0 radical (unpaired) electrons. The molecule has 2 heterocycles. The Morgan fingerprint density at radius 1 is 1.58 bits per heavy atom. The molecule has 3 N–H and O–H groups in total. The van der Waals surface area contributed by atoms with E-state index in [2.05, 4.69) is 20.9 Å². The molecule has 0 aromatic carbocycles. The molecule has 1 aromatic rings. The Morgan fingerprint density at radius 2 is 2.42 bits per heavy atom. The van der Waals surface area contributed by atoms with E-state index >= 15 is 0 Å². The van der Waals surface area contributed by atoms with Crippen molar-refractivity contribution in [1.82, 2.24) is 15.6 Å². The number of thiazole rings is 1. The maximum atomic E-state index is 11.9. The number of hydrogen-bond donors (Lipinski definition) is 3. The third-order valence-electron chi connectivity index (χ3n) is 2.97. The second kappa shape index (κ2) is 6.63. The Morgan fingerprint density at radius 3 is 3.11 bits per heavy atom. The smallest absolute Gasteiger partial charge is 0.270 e. The van der Waals surface area contributed by atoms with Gasteiger partial charge in [-0.25, -0.2) is 4.98 Å². The highest BCUT2D eigenvalue weighted by atomic mass is 32.1. The summed E-state index contributed by atoms with van der Waals surface area (Å²) in [7, 11) is 0. The Balaban J connectivity index is 1.81. The van der Waals surface area contributed by atoms with Gasteiger partial charge in [-0.2, -0.15) is 0 Å². The fraction of sp³-hybridized carbons (Fsp3) is 0.583. The molecule has 1 unspecified atom stereocenters. The predicted molar refractivity (Wildman–Crippen MR) is 74.3 cm³/mol. The zero-order valence-electron chi connectivity index (χ0n) is 10.9. The van der Waals surface area contributed by atoms with Crippen LogP contribution in [0.1, 0.15) is 30.3 Å². The second-order valence-corrected chi connectivity index (χ2v) is 5.50. The third-order valence-corrected chi connectivity index (χ3v) is 3.73. The summed E-state index contributed by atoms with van der Waals surface area (Å²) >= 11 is 1.25. The molecular weight excluding hydrogens is 264 g/mol. The van der Waals surface area contributed by atoms with Gasteiger partial charge in [-0.05, 0) is 31.8 Å². The van der Waals surface area contributed by atoms with Gasteiger partial charge in [0.05, 0.1) is 0 Å². The molecule has 104 valence electrons. The highest BCUT2D eigenvalue weighted by Gasteiger charge is 2.16. The largest absolute Gasteiger partial charge is 0.350 e. The summed E-state index contributed by atoms with van der Waals surface area (Å²) < 4.78 is 0. The zero-order chi connectivity index (χ0) is 13.7. The van der Waals surface area contributed by atoms with Gasteiger partial charge in [0.1, 0.15) is 5.69 Å². The number of hydrogen-bond acceptors (Lipinski definition) is 5. The molecular formula is C12H18N4O2S. The highest BCUT2D eigenvalue weighted by molar-refractivity contribution is 7.14. The molecule has 1 aliphatic heterocycles. The standard InChI is InChI=1S/C12H18N4O2S/c1-8(17)15-12-16-10(7-19-12)11(18)14-6-9-3-2-4-13-5-9/h7,9,13H,2-6H2,1H3,(H,14,18)(H,15,16,17). The van der Waals surface area contributed by atoms with Gasteiger partial charge in [-0.3, -0.25) is 9.59 Å². The summed E-state index contributed by atoms with van der Waals surface area (Å²) in [5.74, 6) is 0.124. The summed E-state index contributed by atoms with van der Waals surface area (Å²) in [6.07, 6.45) is 2.30. The van der Waals surface area contributed by atoms with Gasteiger partial charge in [0, 0.05) is 18.8 Å². The Hall–Kier alpha value is -1.47. The lowest BCUT2D eigenvalue weighted by atomic mass is 10.00. The molecule has 2 rings (SSSR count). The van der Waals surface area contributed by atoms with Crippen molar-refractivity contribution in [1.29, 1.82) is 0 Å². The first kappa shape index (κ1) is 14.0. The minimum Gasteiger partial charge on any atom is -0.350 e. The average Bonchev–Trinajstić information content (AvgIpc) is 2.85. The number of anilines is 1. The lowest BCUT2D eigenvalue weighted by Crippen LogP contribution is -2.38. The van der Waals surface area contributed by atoms with Crippen LogP contribution < -0.4 is 16.0 Å². The predicted octanol–water partition coefficient (Wildman–Crippen LogP) is 0.831. The zero-order valence-corrected chi connectivity index (χ0v) is 11.7. The molecule has 7 heteroatoms. The van der Waals surface area contributed by atoms with Crippen molar-refractivity contribution >= 4 is 28.3 Å². The van der Waals surface area contributed by atoms with Crippen molar-refractivity contribution in [3.63, 3.8) is 0 Å². The quantitative estimate of drug-likeness (QED) is 0.764. The van der Waals surface area contributed by atoms with Gasteiger partial charge in [0.2, 0.25) is 5.91 Å². The van der Waals surface area contributed by atoms with Crippen molar-refractivity contribution in [3.8, 4) is 0 Å². The number of rotatable bonds is 4. The maximum Gasteiger partial charge on any atom is 0.270 e. The average molecular weight is 282 g/mol. The molecule has 0 aliphatic carbocycles. The summed E-state index contributed by atoms with van der Waals surface area (Å²) in [6, 6.07) is 0. The van der Waals surface area contributed by atoms with Crippen molar-refractivity contribution in [3.05, 3.63) is 11.1 Å². The van der Waals surface area contributed by atoms with Crippen LogP contribution in [0.4, 0.5) is 5.13 Å². The Labute approximate surface area is 116 Å². The summed E-state index contributed by atoms with van der Waals surface area (Å²) in [5, 5.41) is 10.9. The van der Waals surface area contributed by atoms with Crippen LogP contribution in [0.3, 0.4) is 0 Å². The van der Waals surface area contributed by atoms with E-state index in [4.69, 9.17) is 0 Å². The van der Waals surface area contributed by atoms with Crippen LogP contribution in [0.2, 0.25) is 0 Å². The second-order valence-electron chi connectivity index (χ2n) is 4.64. The summed E-state index contributed by atoms with van der Waals surface area (Å²) in [5.41, 5.74) is 0.359. The molecule has 0 bridgehead atoms. The van der Waals surface area contributed by atoms with Crippen molar-refractivity contribution in [2.45, 2.75) is 19.8 Å². The molecule has 1 aromatic heterocycles. The number of carbonyl (C=O) groups excluding carboxylic acids is 2. The topological polar surface area (TPSA) is 83.1 Å². The minimum absolute atomic E-state index is 0.182. The van der Waals surface area contributed by atoms with Crippen molar-refractivity contribution in [2.24, 2.45) is 5.92 Å². The Kier molecular flexibility index (Phi) is 4.86. The number of nitrogens with one attached hydrogen (secondary N) is 3. The van der Waals surface area contributed by atoms with Crippen LogP contribution in [0.25, 0.3) is 0 Å². The van der Waals surface area contributed by atoms with Gasteiger partial charge in [0.15, 0.2) is 5.13 Å². The van der Waals surface area contributed by atoms with Crippen LogP contribution in [-0.2, 0) is 4.79 Å². The molecule has 1 aliphatic rings. The molecule has 1 saturated heterocycles. The van der Waals surface area contributed by atoms with E-state index in [0.717, 1.165) is 25.9 Å². The van der Waals surface area contributed by atoms with Crippen LogP contribution in [-0.4, -0.2) is 36.4 Å². The van der Waals surface area contributed by atoms with Crippen LogP contribution in [0, 0.1) is 5.92 Å². The number of nitrogens with zero attached hydrogens (tertiary/aromatic N) is 1. The SMILES string of the molecule is CC(=O)Nc1nc(C(=O)NCC2CCCNC2)cs1. The number of aromatic nitrogens is 1. The fourth-order valence-corrected chi connectivity index (χ4v) is 2.75. The highest BCUT2D eigenvalue weighted by Crippen LogP contribution is 2.15. The summed E-state index contributed by atoms with van der Waals surface area (Å²) in [4.78, 5) is 26.8. The maximum absolute atomic E-state index is 11.9. The normalized spacial score (nSPS) is 18.9. The number of carbonyl (C=O) groups is 2. The van der Waals surface area contributed by atoms with Gasteiger partial charge < -0.3 is 16.0 Å². The number of piperidine rings is 1. The first-order valence-electron chi connectivity index (χ1n) is 6.37. The number of amides is 2. The van der Waals surface area contributed by atoms with E-state index in [9.17, 15) is 9.59 Å². The van der Waals surface area contributed by atoms with E-state index in [1.165, 1.54) is 18.3 Å². The molecule has 1 fully saturated rings. The fourth-order valence-electron chi connectivity index (χ4n) is 2.01. The molecule has 1 atom stereocenters. The van der Waals surface area contributed by atoms with E-state index in [-0.39, 0.29) is 11.8 Å². The van der Waals surface area contributed by atoms with Crippen LogP contribution >= 0.6 is 11.3 Å². The van der Waals surface area contributed by atoms with Gasteiger partial charge in [-0.1, -0.05) is 0 Å². The molecule has 6 nitrogen and oxygen atoms in total. The van der Waals surface area contributed by atoms with E-state index < -0.39 is 0 Å². The third kappa shape index (κ3) is 4.29. The summed E-state index contributed by atoms with van der Waals surface area (Å²) in [6.45, 7) is 4.10. The van der Waals surface area contributed by atoms with E-state index in [1.54, 1.807) is 5.38 Å². The molecule has 19 heavy (non-hydrogen) atoms. The molecule has 0 spiro atoms. The lowest BCUT2D eigenvalue weighted by Gasteiger charge is -2.22. The molecule has 2 amide bonds. The van der Waals surface area contributed by atoms with Crippen LogP contribution in [0.15, 0.2) is 5.38 Å². The van der Waals surface area contributed by atoms with Gasteiger partial charge >= 0.3 is 0 Å². The lowest BCUT2D eigenvalue weighted by molar-refractivity contribution is -0.114. The van der Waals surface area contributed by atoms with Crippen LogP contribution in [0.5, 0.6) is 0 Å². The van der Waals surface area contributed by atoms with E-state index in [0.29, 0.717) is 23.3 Å². The van der Waals surface area contributed by atoms with Crippen molar-refractivity contribution in [2.75, 3.05) is 25.0 Å². The Bertz CT molecular complexity index is 454. The monoisotopic (exact) mass is 282 g/mol. The minimum atomic E-state index is -0.186. The molecule has 0 saturated carbocycles. The first-order chi connectivity index (χ1) is 9.15. The van der Waals surface area contributed by atoms with Gasteiger partial charge in [-0.15, -0.1) is 11.3 Å². The van der Waals surface area contributed by atoms with Crippen molar-refractivity contribution < 1.29 is 9.59 Å². The first-order valence-corrected chi connectivity index (χ1v) is 7.25. The van der Waals surface area contributed by atoms with Gasteiger partial charge in [0.25, 0.3) is 5.91 Å². The van der Waals surface area contributed by atoms with E-state index in [1.807, 2.05) is 0 Å².